The lowest BCUT2D eigenvalue weighted by molar-refractivity contribution is 0.397. The molecule has 0 aliphatic heterocycles. The molecule has 0 aliphatic carbocycles. The van der Waals surface area contributed by atoms with Crippen LogP contribution in [-0.4, -0.2) is 24.1 Å². The van der Waals surface area contributed by atoms with E-state index in [1.165, 1.54) is 12.8 Å². The van der Waals surface area contributed by atoms with Crippen LogP contribution in [0.1, 0.15) is 45.6 Å². The molecule has 118 valence electrons. The average Bonchev–Trinajstić information content (AvgIpc) is 2.45. The number of nitrogens with one attached hydrogen (secondary N) is 1. The van der Waals surface area contributed by atoms with Gasteiger partial charge in [-0.1, -0.05) is 32.8 Å². The van der Waals surface area contributed by atoms with Crippen molar-refractivity contribution < 1.29 is 4.74 Å². The second kappa shape index (κ2) is 9.21. The second-order valence-electron chi connectivity index (χ2n) is 5.78. The van der Waals surface area contributed by atoms with E-state index >= 15 is 0 Å². The van der Waals surface area contributed by atoms with Crippen LogP contribution in [0.2, 0.25) is 0 Å². The van der Waals surface area contributed by atoms with Gasteiger partial charge in [0.05, 0.1) is 13.7 Å². The number of guanidine groups is 1. The molecule has 1 atom stereocenters. The number of pyridine rings is 1. The summed E-state index contributed by atoms with van der Waals surface area (Å²) in [6.07, 6.45) is 5.32. The summed E-state index contributed by atoms with van der Waals surface area (Å²) < 4.78 is 5.02. The van der Waals surface area contributed by atoms with Crippen LogP contribution in [0.4, 0.5) is 0 Å². The van der Waals surface area contributed by atoms with Crippen molar-refractivity contribution in [1.29, 1.82) is 0 Å². The van der Waals surface area contributed by atoms with Crippen molar-refractivity contribution in [2.75, 3.05) is 7.11 Å². The van der Waals surface area contributed by atoms with Crippen LogP contribution in [0, 0.1) is 5.92 Å². The molecule has 0 radical (unpaired) electrons. The van der Waals surface area contributed by atoms with Crippen molar-refractivity contribution in [3.63, 3.8) is 0 Å². The summed E-state index contributed by atoms with van der Waals surface area (Å²) in [5.41, 5.74) is 6.91. The Morgan fingerprint density at radius 1 is 1.33 bits per heavy atom. The topological polar surface area (TPSA) is 72.5 Å². The highest BCUT2D eigenvalue weighted by molar-refractivity contribution is 5.78. The van der Waals surface area contributed by atoms with E-state index < -0.39 is 0 Å². The lowest BCUT2D eigenvalue weighted by Gasteiger charge is -2.15. The first-order chi connectivity index (χ1) is 10.0. The molecular formula is C16H28N4O. The van der Waals surface area contributed by atoms with Crippen LogP contribution in [0.3, 0.4) is 0 Å². The Labute approximate surface area is 128 Å². The number of nitrogens with two attached hydrogens (primary N) is 1. The second-order valence-corrected chi connectivity index (χ2v) is 5.78. The van der Waals surface area contributed by atoms with Crippen molar-refractivity contribution in [2.24, 2.45) is 16.6 Å². The first-order valence-corrected chi connectivity index (χ1v) is 7.56. The molecule has 3 N–H and O–H groups in total. The molecule has 0 spiro atoms. The van der Waals surface area contributed by atoms with Crippen molar-refractivity contribution in [1.82, 2.24) is 10.3 Å². The largest absolute Gasteiger partial charge is 0.481 e. The van der Waals surface area contributed by atoms with Crippen LogP contribution < -0.4 is 15.8 Å². The van der Waals surface area contributed by atoms with E-state index in [0.717, 1.165) is 17.9 Å². The highest BCUT2D eigenvalue weighted by Crippen LogP contribution is 2.09. The Morgan fingerprint density at radius 3 is 2.67 bits per heavy atom. The van der Waals surface area contributed by atoms with Crippen LogP contribution in [0.15, 0.2) is 23.3 Å². The van der Waals surface area contributed by atoms with Gasteiger partial charge in [-0.15, -0.1) is 0 Å². The van der Waals surface area contributed by atoms with Crippen molar-refractivity contribution in [2.45, 2.75) is 52.6 Å². The van der Waals surface area contributed by atoms with E-state index in [4.69, 9.17) is 10.5 Å². The van der Waals surface area contributed by atoms with Gasteiger partial charge in [-0.25, -0.2) is 9.98 Å². The zero-order valence-corrected chi connectivity index (χ0v) is 13.6. The first-order valence-electron chi connectivity index (χ1n) is 7.56. The molecule has 0 bridgehead atoms. The van der Waals surface area contributed by atoms with Gasteiger partial charge in [-0.2, -0.15) is 0 Å². The molecule has 0 fully saturated rings. The number of ether oxygens (including phenoxy) is 1. The van der Waals surface area contributed by atoms with E-state index in [-0.39, 0.29) is 0 Å². The lowest BCUT2D eigenvalue weighted by atomic mass is 10.0. The van der Waals surface area contributed by atoms with Gasteiger partial charge in [0.25, 0.3) is 0 Å². The highest BCUT2D eigenvalue weighted by atomic mass is 16.5. The third-order valence-corrected chi connectivity index (χ3v) is 3.25. The summed E-state index contributed by atoms with van der Waals surface area (Å²) in [5, 5.41) is 3.23. The Balaban J connectivity index is 2.34. The maximum atomic E-state index is 5.90. The van der Waals surface area contributed by atoms with Gasteiger partial charge in [0.15, 0.2) is 5.96 Å². The van der Waals surface area contributed by atoms with Gasteiger partial charge in [0, 0.05) is 18.3 Å². The smallest absolute Gasteiger partial charge is 0.212 e. The molecule has 1 unspecified atom stereocenters. The van der Waals surface area contributed by atoms with Crippen LogP contribution in [-0.2, 0) is 6.54 Å². The molecular weight excluding hydrogens is 264 g/mol. The first kappa shape index (κ1) is 17.3. The minimum absolute atomic E-state index is 0.349. The molecule has 1 rings (SSSR count). The predicted molar refractivity (Wildman–Crippen MR) is 87.4 cm³/mol. The summed E-state index contributed by atoms with van der Waals surface area (Å²) in [4.78, 5) is 8.48. The van der Waals surface area contributed by atoms with E-state index in [1.807, 2.05) is 12.1 Å². The number of aromatic nitrogens is 1. The number of methoxy groups -OCH3 is 1. The van der Waals surface area contributed by atoms with Crippen LogP contribution >= 0.6 is 0 Å². The average molecular weight is 292 g/mol. The van der Waals surface area contributed by atoms with Crippen molar-refractivity contribution in [3.8, 4) is 5.88 Å². The predicted octanol–water partition coefficient (Wildman–Crippen LogP) is 2.71. The third kappa shape index (κ3) is 7.54. The van der Waals surface area contributed by atoms with Crippen LogP contribution in [0.5, 0.6) is 5.88 Å². The zero-order valence-electron chi connectivity index (χ0n) is 13.6. The summed E-state index contributed by atoms with van der Waals surface area (Å²) >= 11 is 0. The summed E-state index contributed by atoms with van der Waals surface area (Å²) in [7, 11) is 1.60. The van der Waals surface area contributed by atoms with Gasteiger partial charge < -0.3 is 15.8 Å². The standard InChI is InChI=1S/C16H28N4O/c1-12(2)6-5-7-13(3)20-16(17)19-11-14-8-9-15(21-4)18-10-14/h8-10,12-13H,5-7,11H2,1-4H3,(H3,17,19,20). The molecule has 0 saturated carbocycles. The van der Waals surface area contributed by atoms with Gasteiger partial charge in [-0.3, -0.25) is 0 Å². The fraction of sp³-hybridized carbons (Fsp3) is 0.625. The Bertz CT molecular complexity index is 428. The van der Waals surface area contributed by atoms with Crippen molar-refractivity contribution in [3.05, 3.63) is 23.9 Å². The number of nitrogens with zero attached hydrogens (tertiary/aromatic N) is 2. The Hall–Kier alpha value is -1.78. The third-order valence-electron chi connectivity index (χ3n) is 3.25. The maximum absolute atomic E-state index is 5.90. The number of hydrogen-bond acceptors (Lipinski definition) is 3. The molecule has 1 aromatic heterocycles. The molecule has 0 aromatic carbocycles. The normalized spacial score (nSPS) is 13.3. The number of rotatable bonds is 8. The fourth-order valence-electron chi connectivity index (χ4n) is 2.00. The summed E-state index contributed by atoms with van der Waals surface area (Å²) in [6, 6.07) is 4.11. The van der Waals surface area contributed by atoms with E-state index in [1.54, 1.807) is 13.3 Å². The maximum Gasteiger partial charge on any atom is 0.212 e. The van der Waals surface area contributed by atoms with Gasteiger partial charge in [0.1, 0.15) is 0 Å². The zero-order chi connectivity index (χ0) is 15.7. The quantitative estimate of drug-likeness (QED) is 0.571. The molecule has 21 heavy (non-hydrogen) atoms. The van der Waals surface area contributed by atoms with E-state index in [2.05, 4.69) is 36.1 Å². The fourth-order valence-corrected chi connectivity index (χ4v) is 2.00. The SMILES string of the molecule is COc1ccc(CN=C(N)NC(C)CCCC(C)C)cn1. The summed E-state index contributed by atoms with van der Waals surface area (Å²) in [6.45, 7) is 7.15. The number of aliphatic imine (C=N–C) groups is 1. The Kier molecular flexibility index (Phi) is 7.58. The molecule has 0 saturated heterocycles. The summed E-state index contributed by atoms with van der Waals surface area (Å²) in [5.74, 6) is 1.85. The molecule has 0 aliphatic rings. The van der Waals surface area contributed by atoms with Crippen molar-refractivity contribution >= 4 is 5.96 Å². The van der Waals surface area contributed by atoms with E-state index in [0.29, 0.717) is 24.4 Å². The minimum atomic E-state index is 0.349. The van der Waals surface area contributed by atoms with E-state index in [9.17, 15) is 0 Å². The minimum Gasteiger partial charge on any atom is -0.481 e. The van der Waals surface area contributed by atoms with Gasteiger partial charge in [0.2, 0.25) is 5.88 Å². The molecule has 5 nitrogen and oxygen atoms in total. The Morgan fingerprint density at radius 2 is 2.10 bits per heavy atom. The lowest BCUT2D eigenvalue weighted by Crippen LogP contribution is -2.38. The molecule has 5 heteroatoms. The molecule has 1 heterocycles. The van der Waals surface area contributed by atoms with Crippen LogP contribution in [0.25, 0.3) is 0 Å². The monoisotopic (exact) mass is 292 g/mol. The molecule has 1 aromatic rings. The molecule has 0 amide bonds. The van der Waals surface area contributed by atoms with Gasteiger partial charge >= 0.3 is 0 Å². The van der Waals surface area contributed by atoms with Gasteiger partial charge in [-0.05, 0) is 24.8 Å². The highest BCUT2D eigenvalue weighted by Gasteiger charge is 2.04. The number of hydrogen-bond donors (Lipinski definition) is 2.